The van der Waals surface area contributed by atoms with Gasteiger partial charge in [-0.25, -0.2) is 15.8 Å². The minimum Gasteiger partial charge on any atom is -0.348 e. The smallest absolute Gasteiger partial charge is 0.148 e. The molecule has 0 unspecified atom stereocenters. The van der Waals surface area contributed by atoms with Gasteiger partial charge in [-0.1, -0.05) is 19.9 Å². The van der Waals surface area contributed by atoms with Crippen LogP contribution in [0.4, 0.5) is 11.6 Å². The highest BCUT2D eigenvalue weighted by Gasteiger charge is 2.32. The van der Waals surface area contributed by atoms with E-state index in [1.54, 1.807) is 17.7 Å². The Hall–Kier alpha value is -1.66. The number of aromatic nitrogens is 2. The molecule has 0 spiro atoms. The van der Waals surface area contributed by atoms with E-state index in [4.69, 9.17) is 5.84 Å². The van der Waals surface area contributed by atoms with Crippen molar-refractivity contribution in [2.75, 3.05) is 10.3 Å². The maximum Gasteiger partial charge on any atom is 0.148 e. The summed E-state index contributed by atoms with van der Waals surface area (Å²) in [7, 11) is 0. The fourth-order valence-corrected chi connectivity index (χ4v) is 3.30. The Morgan fingerprint density at radius 1 is 1.43 bits per heavy atom. The number of hydrogen-bond donors (Lipinski definition) is 2. The molecule has 1 fully saturated rings. The molecule has 0 radical (unpaired) electrons. The van der Waals surface area contributed by atoms with Crippen LogP contribution in [0.5, 0.6) is 0 Å². The van der Waals surface area contributed by atoms with Crippen molar-refractivity contribution in [2.24, 2.45) is 5.84 Å². The number of nitrogen functional groups attached to an aromatic ring is 1. The molecule has 2 heterocycles. The first kappa shape index (κ1) is 14.3. The van der Waals surface area contributed by atoms with Crippen molar-refractivity contribution >= 4 is 23.0 Å². The molecule has 0 atom stereocenters. The van der Waals surface area contributed by atoms with Gasteiger partial charge in [0.15, 0.2) is 0 Å². The maximum atomic E-state index is 5.63. The molecule has 0 amide bonds. The number of anilines is 2. The van der Waals surface area contributed by atoms with E-state index in [9.17, 15) is 0 Å². The van der Waals surface area contributed by atoms with Crippen molar-refractivity contribution in [3.05, 3.63) is 34.3 Å². The first-order valence-electron chi connectivity index (χ1n) is 7.31. The van der Waals surface area contributed by atoms with Crippen molar-refractivity contribution in [3.63, 3.8) is 0 Å². The Balaban J connectivity index is 1.99. The number of hydrogen-bond acceptors (Lipinski definition) is 6. The zero-order valence-electron chi connectivity index (χ0n) is 12.4. The molecule has 0 bridgehead atoms. The normalized spacial score (nSPS) is 14.5. The lowest BCUT2D eigenvalue weighted by atomic mass is 10.0. The lowest BCUT2D eigenvalue weighted by molar-refractivity contribution is 0.752. The fourth-order valence-electron chi connectivity index (χ4n) is 2.60. The summed E-state index contributed by atoms with van der Waals surface area (Å²) in [6.45, 7) is 5.21. The molecule has 2 aromatic heterocycles. The van der Waals surface area contributed by atoms with Crippen LogP contribution in [0.2, 0.25) is 0 Å². The van der Waals surface area contributed by atoms with E-state index < -0.39 is 0 Å². The molecule has 6 heteroatoms. The van der Waals surface area contributed by atoms with E-state index >= 15 is 0 Å². The van der Waals surface area contributed by atoms with Crippen LogP contribution in [-0.2, 0) is 6.54 Å². The molecule has 112 valence electrons. The standard InChI is InChI=1S/C15H21N5S/c1-10(2)13-14(19-16)17-9-18-15(13)20(11-5-6-11)8-12-4-3-7-21-12/h3-4,7,9-11H,5-6,8,16H2,1-2H3,(H,17,18,19). The number of thiophene rings is 1. The summed E-state index contributed by atoms with van der Waals surface area (Å²) in [5.74, 6) is 7.69. The maximum absolute atomic E-state index is 5.63. The quantitative estimate of drug-likeness (QED) is 0.634. The Morgan fingerprint density at radius 2 is 2.24 bits per heavy atom. The molecular weight excluding hydrogens is 282 g/mol. The summed E-state index contributed by atoms with van der Waals surface area (Å²) in [6, 6.07) is 4.87. The molecule has 3 N–H and O–H groups in total. The van der Waals surface area contributed by atoms with Gasteiger partial charge in [0.25, 0.3) is 0 Å². The molecule has 0 aliphatic heterocycles. The Morgan fingerprint density at radius 3 is 2.81 bits per heavy atom. The number of nitrogens with zero attached hydrogens (tertiary/aromatic N) is 3. The highest BCUT2D eigenvalue weighted by Crippen LogP contribution is 2.38. The van der Waals surface area contributed by atoms with Crippen molar-refractivity contribution < 1.29 is 0 Å². The number of hydrazine groups is 1. The topological polar surface area (TPSA) is 67.1 Å². The van der Waals surface area contributed by atoms with Gasteiger partial charge in [-0.15, -0.1) is 11.3 Å². The van der Waals surface area contributed by atoms with Gasteiger partial charge in [-0.3, -0.25) is 0 Å². The third-order valence-electron chi connectivity index (χ3n) is 3.74. The van der Waals surface area contributed by atoms with Crippen molar-refractivity contribution in [2.45, 2.75) is 45.2 Å². The van der Waals surface area contributed by atoms with E-state index in [0.29, 0.717) is 12.0 Å². The fraction of sp³-hybridized carbons (Fsp3) is 0.467. The molecule has 0 saturated heterocycles. The summed E-state index contributed by atoms with van der Waals surface area (Å²) < 4.78 is 0. The number of nitrogens with two attached hydrogens (primary N) is 1. The summed E-state index contributed by atoms with van der Waals surface area (Å²) in [5, 5.41) is 2.12. The van der Waals surface area contributed by atoms with E-state index in [2.05, 4.69) is 51.7 Å². The van der Waals surface area contributed by atoms with Gasteiger partial charge in [0, 0.05) is 16.5 Å². The molecule has 21 heavy (non-hydrogen) atoms. The predicted octanol–water partition coefficient (Wildman–Crippen LogP) is 3.12. The van der Waals surface area contributed by atoms with Crippen LogP contribution in [-0.4, -0.2) is 16.0 Å². The van der Waals surface area contributed by atoms with Crippen molar-refractivity contribution in [3.8, 4) is 0 Å². The molecule has 1 saturated carbocycles. The average molecular weight is 303 g/mol. The molecule has 3 rings (SSSR count). The van der Waals surface area contributed by atoms with Crippen LogP contribution in [0.3, 0.4) is 0 Å². The van der Waals surface area contributed by atoms with E-state index in [0.717, 1.165) is 23.7 Å². The summed E-state index contributed by atoms with van der Waals surface area (Å²) in [5.41, 5.74) is 3.82. The minimum atomic E-state index is 0.317. The van der Waals surface area contributed by atoms with Gasteiger partial charge < -0.3 is 10.3 Å². The van der Waals surface area contributed by atoms with E-state index in [-0.39, 0.29) is 0 Å². The second kappa shape index (κ2) is 5.99. The third-order valence-corrected chi connectivity index (χ3v) is 4.60. The van der Waals surface area contributed by atoms with Crippen LogP contribution in [0.25, 0.3) is 0 Å². The summed E-state index contributed by atoms with van der Waals surface area (Å²) >= 11 is 1.79. The van der Waals surface area contributed by atoms with Gasteiger partial charge in [-0.05, 0) is 30.2 Å². The second-order valence-electron chi connectivity index (χ2n) is 5.70. The van der Waals surface area contributed by atoms with E-state index in [1.165, 1.54) is 17.7 Å². The molecule has 1 aliphatic rings. The van der Waals surface area contributed by atoms with Gasteiger partial charge in [0.05, 0.1) is 6.54 Å². The van der Waals surface area contributed by atoms with Crippen LogP contribution in [0.15, 0.2) is 23.8 Å². The summed E-state index contributed by atoms with van der Waals surface area (Å²) in [6.07, 6.45) is 4.07. The molecule has 0 aromatic carbocycles. The highest BCUT2D eigenvalue weighted by atomic mass is 32.1. The van der Waals surface area contributed by atoms with Crippen LogP contribution >= 0.6 is 11.3 Å². The van der Waals surface area contributed by atoms with Gasteiger partial charge in [0.1, 0.15) is 18.0 Å². The zero-order chi connectivity index (χ0) is 14.8. The SMILES string of the molecule is CC(C)c1c(NN)ncnc1N(Cc1cccs1)C1CC1. The molecular formula is C15H21N5S. The zero-order valence-corrected chi connectivity index (χ0v) is 13.2. The van der Waals surface area contributed by atoms with E-state index in [1.807, 2.05) is 0 Å². The minimum absolute atomic E-state index is 0.317. The Bertz CT molecular complexity index is 592. The second-order valence-corrected chi connectivity index (χ2v) is 6.73. The number of rotatable bonds is 6. The van der Waals surface area contributed by atoms with Gasteiger partial charge in [0.2, 0.25) is 0 Å². The molecule has 1 aliphatic carbocycles. The lowest BCUT2D eigenvalue weighted by Crippen LogP contribution is -2.28. The van der Waals surface area contributed by atoms with Gasteiger partial charge in [-0.2, -0.15) is 0 Å². The lowest BCUT2D eigenvalue weighted by Gasteiger charge is -2.27. The first-order valence-corrected chi connectivity index (χ1v) is 8.19. The molecule has 2 aromatic rings. The average Bonchev–Trinajstić information content (AvgIpc) is 3.20. The third kappa shape index (κ3) is 3.01. The van der Waals surface area contributed by atoms with Crippen LogP contribution in [0, 0.1) is 0 Å². The molecule has 5 nitrogen and oxygen atoms in total. The monoisotopic (exact) mass is 303 g/mol. The Labute approximate surface area is 129 Å². The van der Waals surface area contributed by atoms with Crippen molar-refractivity contribution in [1.29, 1.82) is 0 Å². The highest BCUT2D eigenvalue weighted by molar-refractivity contribution is 7.09. The van der Waals surface area contributed by atoms with Crippen LogP contribution < -0.4 is 16.2 Å². The number of nitrogens with one attached hydrogen (secondary N) is 1. The Kier molecular flexibility index (Phi) is 4.07. The van der Waals surface area contributed by atoms with Gasteiger partial charge >= 0.3 is 0 Å². The van der Waals surface area contributed by atoms with Crippen LogP contribution in [0.1, 0.15) is 43.0 Å². The summed E-state index contributed by atoms with van der Waals surface area (Å²) in [4.78, 5) is 12.6. The predicted molar refractivity (Wildman–Crippen MR) is 87.5 cm³/mol. The largest absolute Gasteiger partial charge is 0.348 e. The van der Waals surface area contributed by atoms with Crippen molar-refractivity contribution in [1.82, 2.24) is 9.97 Å². The first-order chi connectivity index (χ1) is 10.2.